The first-order valence-corrected chi connectivity index (χ1v) is 7.32. The first-order valence-electron chi connectivity index (χ1n) is 7.32. The number of benzene rings is 1. The quantitative estimate of drug-likeness (QED) is 0.825. The fourth-order valence-electron chi connectivity index (χ4n) is 2.75. The minimum Gasteiger partial charge on any atom is -0.350 e. The number of rotatable bonds is 6. The van der Waals surface area contributed by atoms with Crippen molar-refractivity contribution >= 4 is 5.91 Å². The molecule has 110 valence electrons. The van der Waals surface area contributed by atoms with Gasteiger partial charge < -0.3 is 16.0 Å². The topological polar surface area (TPSA) is 58.4 Å². The number of nitrogens with zero attached hydrogens (tertiary/aromatic N) is 1. The average molecular weight is 275 g/mol. The van der Waals surface area contributed by atoms with Crippen molar-refractivity contribution in [3.05, 3.63) is 35.4 Å². The summed E-state index contributed by atoms with van der Waals surface area (Å²) in [5, 5.41) is 3.08. The lowest BCUT2D eigenvalue weighted by Crippen LogP contribution is -2.57. The molecule has 0 unspecified atom stereocenters. The molecule has 20 heavy (non-hydrogen) atoms. The molecule has 1 saturated carbocycles. The molecule has 0 bridgehead atoms. The molecule has 2 rings (SSSR count). The molecule has 4 heteroatoms. The van der Waals surface area contributed by atoms with Crippen molar-refractivity contribution in [3.63, 3.8) is 0 Å². The first-order chi connectivity index (χ1) is 9.57. The second-order valence-electron chi connectivity index (χ2n) is 5.89. The normalized spacial score (nSPS) is 16.8. The number of carbonyl (C=O) groups is 1. The molecule has 0 spiro atoms. The van der Waals surface area contributed by atoms with Crippen LogP contribution < -0.4 is 11.1 Å². The van der Waals surface area contributed by atoms with Gasteiger partial charge in [-0.3, -0.25) is 4.79 Å². The fraction of sp³-hybridized carbons (Fsp3) is 0.562. The van der Waals surface area contributed by atoms with Crippen LogP contribution in [0.1, 0.15) is 35.2 Å². The van der Waals surface area contributed by atoms with Gasteiger partial charge in [-0.2, -0.15) is 0 Å². The second kappa shape index (κ2) is 6.37. The van der Waals surface area contributed by atoms with Crippen molar-refractivity contribution in [3.8, 4) is 0 Å². The standard InChI is InChI=1S/C16H25N3O/c1-19(2)16(8-4-9-16)12-18-15(20)14-6-3-5-13(11-14)7-10-17/h3,5-6,11H,4,7-10,12,17H2,1-2H3,(H,18,20). The lowest BCUT2D eigenvalue weighted by atomic mass is 9.75. The fourth-order valence-corrected chi connectivity index (χ4v) is 2.75. The molecule has 1 aliphatic rings. The Morgan fingerprint density at radius 1 is 1.40 bits per heavy atom. The van der Waals surface area contributed by atoms with Crippen molar-refractivity contribution < 1.29 is 4.79 Å². The van der Waals surface area contributed by atoms with E-state index in [1.807, 2.05) is 24.3 Å². The maximum Gasteiger partial charge on any atom is 0.251 e. The van der Waals surface area contributed by atoms with E-state index in [4.69, 9.17) is 5.73 Å². The Bertz CT molecular complexity index is 467. The number of nitrogens with one attached hydrogen (secondary N) is 1. The SMILES string of the molecule is CN(C)C1(CNC(=O)c2cccc(CCN)c2)CCC1. The van der Waals surface area contributed by atoms with Gasteiger partial charge >= 0.3 is 0 Å². The zero-order valence-electron chi connectivity index (χ0n) is 12.5. The Morgan fingerprint density at radius 2 is 2.15 bits per heavy atom. The van der Waals surface area contributed by atoms with Crippen molar-refractivity contribution in [1.29, 1.82) is 0 Å². The summed E-state index contributed by atoms with van der Waals surface area (Å²) in [5.41, 5.74) is 7.56. The minimum atomic E-state index is 0.0111. The molecule has 0 saturated heterocycles. The van der Waals surface area contributed by atoms with Crippen molar-refractivity contribution in [2.75, 3.05) is 27.2 Å². The largest absolute Gasteiger partial charge is 0.350 e. The maximum absolute atomic E-state index is 12.2. The number of likely N-dealkylation sites (N-methyl/N-ethyl adjacent to an activating group) is 1. The van der Waals surface area contributed by atoms with Crippen LogP contribution in [0.4, 0.5) is 0 Å². The second-order valence-corrected chi connectivity index (χ2v) is 5.89. The molecule has 0 aliphatic heterocycles. The van der Waals surface area contributed by atoms with Crippen molar-refractivity contribution in [2.45, 2.75) is 31.2 Å². The van der Waals surface area contributed by atoms with Gasteiger partial charge in [0.05, 0.1) is 0 Å². The molecule has 0 atom stereocenters. The predicted molar refractivity (Wildman–Crippen MR) is 81.8 cm³/mol. The van der Waals surface area contributed by atoms with Crippen LogP contribution in [0.5, 0.6) is 0 Å². The Morgan fingerprint density at radius 3 is 2.70 bits per heavy atom. The summed E-state index contributed by atoms with van der Waals surface area (Å²) in [6.45, 7) is 1.33. The molecule has 1 aromatic rings. The summed E-state index contributed by atoms with van der Waals surface area (Å²) < 4.78 is 0. The Kier molecular flexibility index (Phi) is 4.78. The number of amides is 1. The lowest BCUT2D eigenvalue weighted by Gasteiger charge is -2.47. The number of hydrogen-bond acceptors (Lipinski definition) is 3. The summed E-state index contributed by atoms with van der Waals surface area (Å²) in [5.74, 6) is 0.0111. The molecule has 0 heterocycles. The van der Waals surface area contributed by atoms with Gasteiger partial charge in [-0.1, -0.05) is 12.1 Å². The van der Waals surface area contributed by atoms with E-state index in [0.717, 1.165) is 36.9 Å². The molecule has 1 amide bonds. The van der Waals surface area contributed by atoms with Crippen LogP contribution in [-0.2, 0) is 6.42 Å². The first kappa shape index (κ1) is 15.0. The summed E-state index contributed by atoms with van der Waals surface area (Å²) in [6, 6.07) is 7.73. The van der Waals surface area contributed by atoms with Gasteiger partial charge in [-0.15, -0.1) is 0 Å². The highest BCUT2D eigenvalue weighted by atomic mass is 16.1. The number of hydrogen-bond donors (Lipinski definition) is 2. The summed E-state index contributed by atoms with van der Waals surface area (Å²) in [4.78, 5) is 14.5. The third kappa shape index (κ3) is 3.19. The molecular formula is C16H25N3O. The van der Waals surface area contributed by atoms with Crippen molar-refractivity contribution in [1.82, 2.24) is 10.2 Å². The average Bonchev–Trinajstić information content (AvgIpc) is 2.37. The van der Waals surface area contributed by atoms with Crippen molar-refractivity contribution in [2.24, 2.45) is 5.73 Å². The molecule has 1 fully saturated rings. The highest BCUT2D eigenvalue weighted by Gasteiger charge is 2.39. The predicted octanol–water partition coefficient (Wildman–Crippen LogP) is 1.40. The van der Waals surface area contributed by atoms with E-state index in [9.17, 15) is 4.79 Å². The van der Waals surface area contributed by atoms with E-state index in [-0.39, 0.29) is 11.4 Å². The molecule has 4 nitrogen and oxygen atoms in total. The van der Waals surface area contributed by atoms with E-state index in [1.165, 1.54) is 6.42 Å². The van der Waals surface area contributed by atoms with E-state index < -0.39 is 0 Å². The van der Waals surface area contributed by atoms with Crippen LogP contribution in [-0.4, -0.2) is 43.5 Å². The van der Waals surface area contributed by atoms with Gasteiger partial charge in [0.25, 0.3) is 5.91 Å². The number of carbonyl (C=O) groups excluding carboxylic acids is 1. The van der Waals surface area contributed by atoms with Gasteiger partial charge in [-0.25, -0.2) is 0 Å². The summed E-state index contributed by atoms with van der Waals surface area (Å²) >= 11 is 0. The van der Waals surface area contributed by atoms with Crippen LogP contribution in [0, 0.1) is 0 Å². The number of nitrogens with two attached hydrogens (primary N) is 1. The highest BCUT2D eigenvalue weighted by Crippen LogP contribution is 2.35. The third-order valence-corrected chi connectivity index (χ3v) is 4.43. The highest BCUT2D eigenvalue weighted by molar-refractivity contribution is 5.94. The van der Waals surface area contributed by atoms with Gasteiger partial charge in [0.15, 0.2) is 0 Å². The zero-order chi connectivity index (χ0) is 14.6. The van der Waals surface area contributed by atoms with Crippen LogP contribution in [0.3, 0.4) is 0 Å². The zero-order valence-corrected chi connectivity index (χ0v) is 12.5. The van der Waals surface area contributed by atoms with Crippen LogP contribution >= 0.6 is 0 Å². The maximum atomic E-state index is 12.2. The summed E-state index contributed by atoms with van der Waals surface area (Å²) in [6.07, 6.45) is 4.38. The van der Waals surface area contributed by atoms with Gasteiger partial charge in [0.2, 0.25) is 0 Å². The van der Waals surface area contributed by atoms with E-state index in [1.54, 1.807) is 0 Å². The molecule has 0 radical (unpaired) electrons. The Labute approximate surface area is 121 Å². The molecule has 0 aromatic heterocycles. The van der Waals surface area contributed by atoms with Gasteiger partial charge in [-0.05, 0) is 64.0 Å². The molecule has 1 aliphatic carbocycles. The van der Waals surface area contributed by atoms with Crippen LogP contribution in [0.15, 0.2) is 24.3 Å². The Hall–Kier alpha value is -1.39. The van der Waals surface area contributed by atoms with Crippen LogP contribution in [0.2, 0.25) is 0 Å². The van der Waals surface area contributed by atoms with E-state index in [2.05, 4.69) is 24.3 Å². The monoisotopic (exact) mass is 275 g/mol. The van der Waals surface area contributed by atoms with E-state index >= 15 is 0 Å². The molecular weight excluding hydrogens is 250 g/mol. The minimum absolute atomic E-state index is 0.0111. The molecule has 1 aromatic carbocycles. The summed E-state index contributed by atoms with van der Waals surface area (Å²) in [7, 11) is 4.18. The van der Waals surface area contributed by atoms with Crippen LogP contribution in [0.25, 0.3) is 0 Å². The Balaban J connectivity index is 1.96. The lowest BCUT2D eigenvalue weighted by molar-refractivity contribution is 0.0557. The van der Waals surface area contributed by atoms with Gasteiger partial charge in [0, 0.05) is 17.6 Å². The van der Waals surface area contributed by atoms with Gasteiger partial charge in [0.1, 0.15) is 0 Å². The van der Waals surface area contributed by atoms with E-state index in [0.29, 0.717) is 6.54 Å². The molecule has 3 N–H and O–H groups in total. The smallest absolute Gasteiger partial charge is 0.251 e. The third-order valence-electron chi connectivity index (χ3n) is 4.43.